The molecule has 0 amide bonds. The summed E-state index contributed by atoms with van der Waals surface area (Å²) in [6.45, 7) is 5.58. The molecule has 1 saturated heterocycles. The molecule has 0 unspecified atom stereocenters. The van der Waals surface area contributed by atoms with Crippen molar-refractivity contribution in [3.05, 3.63) is 46.8 Å². The lowest BCUT2D eigenvalue weighted by Crippen LogP contribution is -2.36. The van der Waals surface area contributed by atoms with Gasteiger partial charge in [0.25, 0.3) is 0 Å². The summed E-state index contributed by atoms with van der Waals surface area (Å²) >= 11 is 1.31. The van der Waals surface area contributed by atoms with Gasteiger partial charge >= 0.3 is 6.18 Å². The Bertz CT molecular complexity index is 1400. The summed E-state index contributed by atoms with van der Waals surface area (Å²) in [5, 5.41) is 8.04. The van der Waals surface area contributed by atoms with E-state index < -0.39 is 19.7 Å². The van der Waals surface area contributed by atoms with Gasteiger partial charge in [0.15, 0.2) is 0 Å². The minimum absolute atomic E-state index is 0.214. The van der Waals surface area contributed by atoms with Crippen LogP contribution in [0.5, 0.6) is 5.75 Å². The Kier molecular flexibility index (Phi) is 8.66. The summed E-state index contributed by atoms with van der Waals surface area (Å²) < 4.78 is 59.2. The van der Waals surface area contributed by atoms with E-state index in [0.29, 0.717) is 33.0 Å². The molecule has 0 spiro atoms. The largest absolute Gasteiger partial charge is 0.495 e. The third-order valence-corrected chi connectivity index (χ3v) is 9.37. The first-order valence-corrected chi connectivity index (χ1v) is 15.9. The van der Waals surface area contributed by atoms with Crippen LogP contribution in [0.15, 0.2) is 36.4 Å². The molecule has 38 heavy (non-hydrogen) atoms. The minimum atomic E-state index is -4.34. The van der Waals surface area contributed by atoms with Crippen molar-refractivity contribution in [2.75, 3.05) is 57.8 Å². The molecule has 0 radical (unpaired) electrons. The van der Waals surface area contributed by atoms with Crippen molar-refractivity contribution in [3.8, 4) is 17.6 Å². The fourth-order valence-corrected chi connectivity index (χ4v) is 6.59. The second-order valence-electron chi connectivity index (χ2n) is 10.00. The number of alkyl halides is 3. The number of hydrogen-bond donors (Lipinski definition) is 2. The second-order valence-corrected chi connectivity index (χ2v) is 14.2. The summed E-state index contributed by atoms with van der Waals surface area (Å²) in [6, 6.07) is 11.1. The number of thiophene rings is 1. The van der Waals surface area contributed by atoms with Gasteiger partial charge in [0, 0.05) is 11.3 Å². The van der Waals surface area contributed by atoms with E-state index in [1.165, 1.54) is 18.4 Å². The number of nitrogens with one attached hydrogen (secondary N) is 2. The number of likely N-dealkylation sites (tertiary alicyclic amines) is 1. The van der Waals surface area contributed by atoms with Crippen LogP contribution in [-0.2, 0) is 11.0 Å². The summed E-state index contributed by atoms with van der Waals surface area (Å²) in [5.41, 5.74) is 1.77. The molecule has 2 N–H and O–H groups in total. The zero-order valence-corrected chi connectivity index (χ0v) is 23.7. The number of rotatable bonds is 7. The molecule has 2 heterocycles. The number of ether oxygens (including phenoxy) is 1. The normalized spacial score (nSPS) is 15.2. The molecule has 0 bridgehead atoms. The van der Waals surface area contributed by atoms with Crippen molar-refractivity contribution in [1.82, 2.24) is 4.90 Å². The smallest absolute Gasteiger partial charge is 0.393 e. The molecular formula is C28H33F3N3O2PS. The van der Waals surface area contributed by atoms with E-state index >= 15 is 0 Å². The Morgan fingerprint density at radius 3 is 2.55 bits per heavy atom. The molecule has 0 aliphatic carbocycles. The van der Waals surface area contributed by atoms with Gasteiger partial charge in [-0.1, -0.05) is 24.0 Å². The number of nitrogens with zero attached hydrogens (tertiary/aromatic N) is 1. The third kappa shape index (κ3) is 7.05. The van der Waals surface area contributed by atoms with Crippen molar-refractivity contribution < 1.29 is 22.5 Å². The minimum Gasteiger partial charge on any atom is -0.495 e. The summed E-state index contributed by atoms with van der Waals surface area (Å²) in [4.78, 5) is 2.71. The average molecular weight is 564 g/mol. The predicted molar refractivity (Wildman–Crippen MR) is 153 cm³/mol. The SMILES string of the molecule is COc1cc(P(C)(C)=O)ccc1NCC#Cc1sc2c(NC3CCN(C)CC3)cccc2c1CC(F)(F)F. The first kappa shape index (κ1) is 28.4. The van der Waals surface area contributed by atoms with Crippen LogP contribution in [0, 0.1) is 11.8 Å². The van der Waals surface area contributed by atoms with Crippen LogP contribution < -0.4 is 20.7 Å². The van der Waals surface area contributed by atoms with Gasteiger partial charge in [0.1, 0.15) is 12.9 Å². The number of anilines is 2. The first-order chi connectivity index (χ1) is 17.9. The van der Waals surface area contributed by atoms with E-state index in [9.17, 15) is 17.7 Å². The van der Waals surface area contributed by atoms with Gasteiger partial charge in [0.2, 0.25) is 0 Å². The zero-order chi connectivity index (χ0) is 27.5. The van der Waals surface area contributed by atoms with E-state index in [0.717, 1.165) is 36.3 Å². The number of benzene rings is 2. The highest BCUT2D eigenvalue weighted by Crippen LogP contribution is 2.40. The lowest BCUT2D eigenvalue weighted by atomic mass is 10.0. The van der Waals surface area contributed by atoms with Crippen LogP contribution in [0.3, 0.4) is 0 Å². The maximum atomic E-state index is 13.5. The number of hydrogen-bond acceptors (Lipinski definition) is 6. The molecule has 4 rings (SSSR count). The second kappa shape index (κ2) is 11.6. The van der Waals surface area contributed by atoms with Crippen LogP contribution in [0.1, 0.15) is 23.3 Å². The van der Waals surface area contributed by atoms with Crippen LogP contribution in [0.2, 0.25) is 0 Å². The molecular weight excluding hydrogens is 530 g/mol. The van der Waals surface area contributed by atoms with Gasteiger partial charge in [-0.05, 0) is 81.5 Å². The number of methoxy groups -OCH3 is 1. The molecule has 10 heteroatoms. The highest BCUT2D eigenvalue weighted by Gasteiger charge is 2.31. The van der Waals surface area contributed by atoms with Gasteiger partial charge in [0.05, 0.1) is 41.0 Å². The van der Waals surface area contributed by atoms with Crippen molar-refractivity contribution in [2.45, 2.75) is 31.5 Å². The molecule has 3 aromatic rings. The molecule has 2 aromatic carbocycles. The number of halogens is 3. The molecule has 5 nitrogen and oxygen atoms in total. The maximum absolute atomic E-state index is 13.5. The highest BCUT2D eigenvalue weighted by molar-refractivity contribution is 7.70. The standard InChI is InChI=1S/C28H33F3N3O2PS/c1-34-15-12-19(13-16-34)33-24-8-5-7-21-22(18-28(29,30)31)26(38-27(21)24)9-6-14-32-23-11-10-20(37(3,4)35)17-25(23)36-2/h5,7-8,10-11,17,19,32-33H,12-16,18H2,1-4H3. The third-order valence-electron chi connectivity index (χ3n) is 6.65. The average Bonchev–Trinajstić information content (AvgIpc) is 3.19. The van der Waals surface area contributed by atoms with Crippen LogP contribution >= 0.6 is 18.5 Å². The van der Waals surface area contributed by atoms with Crippen molar-refractivity contribution >= 4 is 45.2 Å². The summed E-state index contributed by atoms with van der Waals surface area (Å²) in [6.07, 6.45) is -3.38. The van der Waals surface area contributed by atoms with Crippen molar-refractivity contribution in [2.24, 2.45) is 0 Å². The Hall–Kier alpha value is -2.66. The zero-order valence-electron chi connectivity index (χ0n) is 22.0. The number of piperidine rings is 1. The van der Waals surface area contributed by atoms with Crippen LogP contribution in [0.25, 0.3) is 10.1 Å². The monoisotopic (exact) mass is 563 g/mol. The lowest BCUT2D eigenvalue weighted by Gasteiger charge is -2.30. The van der Waals surface area contributed by atoms with E-state index in [4.69, 9.17) is 4.74 Å². The molecule has 1 fully saturated rings. The Morgan fingerprint density at radius 1 is 1.16 bits per heavy atom. The fraction of sp³-hybridized carbons (Fsp3) is 0.429. The summed E-state index contributed by atoms with van der Waals surface area (Å²) in [5.74, 6) is 6.52. The molecule has 0 atom stereocenters. The van der Waals surface area contributed by atoms with Crippen LogP contribution in [0.4, 0.5) is 24.5 Å². The first-order valence-electron chi connectivity index (χ1n) is 12.5. The summed E-state index contributed by atoms with van der Waals surface area (Å²) in [7, 11) is 1.19. The van der Waals surface area contributed by atoms with Gasteiger partial charge in [-0.2, -0.15) is 13.2 Å². The van der Waals surface area contributed by atoms with Crippen molar-refractivity contribution in [3.63, 3.8) is 0 Å². The topological polar surface area (TPSA) is 53.6 Å². The van der Waals surface area contributed by atoms with Gasteiger partial charge < -0.3 is 24.8 Å². The van der Waals surface area contributed by atoms with E-state index in [-0.39, 0.29) is 12.1 Å². The molecule has 1 aromatic heterocycles. The molecule has 1 aliphatic rings. The van der Waals surface area contributed by atoms with Gasteiger partial charge in [-0.3, -0.25) is 0 Å². The Morgan fingerprint density at radius 2 is 1.89 bits per heavy atom. The van der Waals surface area contributed by atoms with E-state index in [1.54, 1.807) is 37.6 Å². The molecule has 0 saturated carbocycles. The maximum Gasteiger partial charge on any atom is 0.393 e. The fourth-order valence-electron chi connectivity index (χ4n) is 4.56. The quantitative estimate of drug-likeness (QED) is 0.264. The molecule has 1 aliphatic heterocycles. The van der Waals surface area contributed by atoms with Gasteiger partial charge in [-0.25, -0.2) is 0 Å². The van der Waals surface area contributed by atoms with E-state index in [2.05, 4.69) is 34.4 Å². The number of fused-ring (bicyclic) bond motifs is 1. The molecule has 204 valence electrons. The van der Waals surface area contributed by atoms with Crippen molar-refractivity contribution in [1.29, 1.82) is 0 Å². The Balaban J connectivity index is 1.59. The van der Waals surface area contributed by atoms with E-state index in [1.807, 2.05) is 12.1 Å². The van der Waals surface area contributed by atoms with Crippen LogP contribution in [-0.4, -0.2) is 64.2 Å². The van der Waals surface area contributed by atoms with Gasteiger partial charge in [-0.15, -0.1) is 11.3 Å². The lowest BCUT2D eigenvalue weighted by molar-refractivity contribution is -0.126. The predicted octanol–water partition coefficient (Wildman–Crippen LogP) is 6.23. The Labute approximate surface area is 226 Å². The highest BCUT2D eigenvalue weighted by atomic mass is 32.1.